The van der Waals surface area contributed by atoms with Crippen molar-refractivity contribution in [2.24, 2.45) is 0 Å². The number of nitrogens with zero attached hydrogens (tertiary/aromatic N) is 1. The van der Waals surface area contributed by atoms with E-state index in [1.165, 1.54) is 6.92 Å². The molecule has 4 heteroatoms. The zero-order chi connectivity index (χ0) is 12.1. The molecule has 0 aliphatic rings. The lowest BCUT2D eigenvalue weighted by Gasteiger charge is -2.05. The molecule has 2 aromatic rings. The molecule has 1 aromatic heterocycles. The first kappa shape index (κ1) is 14.4. The fourth-order valence-electron chi connectivity index (χ4n) is 1.44. The van der Waals surface area contributed by atoms with Crippen molar-refractivity contribution in [2.45, 2.75) is 13.5 Å². The lowest BCUT2D eigenvalue weighted by atomic mass is 10.2. The van der Waals surface area contributed by atoms with Gasteiger partial charge in [-0.2, -0.15) is 0 Å². The Kier molecular flexibility index (Phi) is 5.52. The van der Waals surface area contributed by atoms with Crippen molar-refractivity contribution in [1.82, 2.24) is 4.98 Å². The molecule has 0 saturated heterocycles. The number of ketones is 1. The molecule has 0 aliphatic heterocycles. The van der Waals surface area contributed by atoms with Gasteiger partial charge in [-0.15, -0.1) is 17.0 Å². The van der Waals surface area contributed by atoms with E-state index in [0.717, 1.165) is 5.56 Å². The second-order valence-corrected chi connectivity index (χ2v) is 3.71. The Bertz CT molecular complexity index is 514. The molecule has 0 amide bonds. The number of hydrogen-bond acceptors (Lipinski definition) is 3. The van der Waals surface area contributed by atoms with E-state index in [0.29, 0.717) is 18.1 Å². The van der Waals surface area contributed by atoms with Gasteiger partial charge in [0, 0.05) is 17.8 Å². The number of carbonyl (C=O) groups is 1. The van der Waals surface area contributed by atoms with Crippen LogP contribution in [0.5, 0.6) is 5.88 Å². The Balaban J connectivity index is 0.00000162. The van der Waals surface area contributed by atoms with Crippen LogP contribution in [0.1, 0.15) is 22.8 Å². The quantitative estimate of drug-likeness (QED) is 0.812. The molecule has 0 bridgehead atoms. The average molecular weight is 308 g/mol. The number of carbonyl (C=O) groups excluding carboxylic acids is 1. The summed E-state index contributed by atoms with van der Waals surface area (Å²) in [6, 6.07) is 13.2. The zero-order valence-electron chi connectivity index (χ0n) is 10.00. The third kappa shape index (κ3) is 3.96. The minimum atomic E-state index is 0. The Labute approximate surface area is 117 Å². The van der Waals surface area contributed by atoms with Crippen molar-refractivity contribution < 1.29 is 9.53 Å². The second kappa shape index (κ2) is 6.91. The van der Waals surface area contributed by atoms with Gasteiger partial charge >= 0.3 is 0 Å². The molecule has 0 atom stereocenters. The van der Waals surface area contributed by atoms with E-state index in [4.69, 9.17) is 4.74 Å². The van der Waals surface area contributed by atoms with Crippen LogP contribution in [0.2, 0.25) is 0 Å². The van der Waals surface area contributed by atoms with E-state index < -0.39 is 0 Å². The second-order valence-electron chi connectivity index (χ2n) is 3.71. The van der Waals surface area contributed by atoms with Gasteiger partial charge < -0.3 is 4.74 Å². The number of pyridine rings is 1. The van der Waals surface area contributed by atoms with Gasteiger partial charge in [0.2, 0.25) is 5.88 Å². The van der Waals surface area contributed by atoms with Crippen LogP contribution in [-0.4, -0.2) is 10.8 Å². The number of rotatable bonds is 4. The van der Waals surface area contributed by atoms with Gasteiger partial charge in [-0.05, 0) is 18.6 Å². The van der Waals surface area contributed by atoms with Crippen molar-refractivity contribution in [3.05, 3.63) is 59.8 Å². The van der Waals surface area contributed by atoms with Crippen LogP contribution in [-0.2, 0) is 6.61 Å². The highest BCUT2D eigenvalue weighted by atomic mass is 79.9. The Morgan fingerprint density at radius 1 is 1.22 bits per heavy atom. The topological polar surface area (TPSA) is 39.2 Å². The largest absolute Gasteiger partial charge is 0.473 e. The third-order valence-corrected chi connectivity index (χ3v) is 2.37. The molecule has 0 N–H and O–H groups in total. The number of ether oxygens (including phenoxy) is 1. The summed E-state index contributed by atoms with van der Waals surface area (Å²) < 4.78 is 5.52. The summed E-state index contributed by atoms with van der Waals surface area (Å²) in [5.41, 5.74) is 1.69. The Morgan fingerprint density at radius 2 is 1.94 bits per heavy atom. The van der Waals surface area contributed by atoms with Crippen molar-refractivity contribution in [1.29, 1.82) is 0 Å². The van der Waals surface area contributed by atoms with Crippen molar-refractivity contribution >= 4 is 22.8 Å². The molecule has 0 fully saturated rings. The molecular formula is C14H14BrNO2. The van der Waals surface area contributed by atoms with Crippen molar-refractivity contribution in [2.75, 3.05) is 0 Å². The van der Waals surface area contributed by atoms with Gasteiger partial charge in [-0.3, -0.25) is 4.79 Å². The van der Waals surface area contributed by atoms with Crippen LogP contribution >= 0.6 is 17.0 Å². The molecule has 0 unspecified atom stereocenters. The van der Waals surface area contributed by atoms with Crippen LogP contribution in [0.3, 0.4) is 0 Å². The predicted octanol–water partition coefficient (Wildman–Crippen LogP) is 3.44. The molecule has 0 radical (unpaired) electrons. The van der Waals surface area contributed by atoms with E-state index in [9.17, 15) is 4.79 Å². The lowest BCUT2D eigenvalue weighted by molar-refractivity contribution is 0.101. The number of halogens is 1. The summed E-state index contributed by atoms with van der Waals surface area (Å²) in [5.74, 6) is 0.485. The first-order chi connectivity index (χ1) is 8.25. The average Bonchev–Trinajstić information content (AvgIpc) is 2.38. The maximum Gasteiger partial charge on any atom is 0.214 e. The molecule has 0 spiro atoms. The number of benzene rings is 1. The SMILES string of the molecule is Br.CC(=O)c1ccnc(OCc2ccccc2)c1. The molecule has 94 valence electrons. The van der Waals surface area contributed by atoms with Gasteiger partial charge in [0.1, 0.15) is 6.61 Å². The van der Waals surface area contributed by atoms with Gasteiger partial charge in [-0.25, -0.2) is 4.98 Å². The lowest BCUT2D eigenvalue weighted by Crippen LogP contribution is -1.99. The van der Waals surface area contributed by atoms with Crippen molar-refractivity contribution in [3.8, 4) is 5.88 Å². The number of aromatic nitrogens is 1. The van der Waals surface area contributed by atoms with E-state index in [1.54, 1.807) is 18.3 Å². The smallest absolute Gasteiger partial charge is 0.214 e. The highest BCUT2D eigenvalue weighted by Gasteiger charge is 2.02. The first-order valence-electron chi connectivity index (χ1n) is 5.39. The van der Waals surface area contributed by atoms with Gasteiger partial charge in [-0.1, -0.05) is 30.3 Å². The highest BCUT2D eigenvalue weighted by Crippen LogP contribution is 2.12. The summed E-state index contributed by atoms with van der Waals surface area (Å²) in [7, 11) is 0. The first-order valence-corrected chi connectivity index (χ1v) is 5.39. The summed E-state index contributed by atoms with van der Waals surface area (Å²) in [6.07, 6.45) is 1.58. The normalized spacial score (nSPS) is 9.39. The maximum absolute atomic E-state index is 11.2. The molecule has 1 aromatic carbocycles. The van der Waals surface area contributed by atoms with Crippen LogP contribution in [0.15, 0.2) is 48.7 Å². The van der Waals surface area contributed by atoms with E-state index in [2.05, 4.69) is 4.98 Å². The van der Waals surface area contributed by atoms with Gasteiger partial charge in [0.25, 0.3) is 0 Å². The summed E-state index contributed by atoms with van der Waals surface area (Å²) in [5, 5.41) is 0. The minimum Gasteiger partial charge on any atom is -0.473 e. The van der Waals surface area contributed by atoms with E-state index in [1.807, 2.05) is 30.3 Å². The van der Waals surface area contributed by atoms with Crippen LogP contribution in [0.4, 0.5) is 0 Å². The Hall–Kier alpha value is -1.68. The fraction of sp³-hybridized carbons (Fsp3) is 0.143. The van der Waals surface area contributed by atoms with Gasteiger partial charge in [0.15, 0.2) is 5.78 Å². The van der Waals surface area contributed by atoms with Crippen LogP contribution < -0.4 is 4.74 Å². The summed E-state index contributed by atoms with van der Waals surface area (Å²) in [4.78, 5) is 15.3. The molecule has 0 saturated carbocycles. The zero-order valence-corrected chi connectivity index (χ0v) is 11.7. The highest BCUT2D eigenvalue weighted by molar-refractivity contribution is 8.93. The molecule has 18 heavy (non-hydrogen) atoms. The molecular weight excluding hydrogens is 294 g/mol. The number of Topliss-reactive ketones (excluding diaryl/α,β-unsaturated/α-hetero) is 1. The van der Waals surface area contributed by atoms with E-state index >= 15 is 0 Å². The molecule has 3 nitrogen and oxygen atoms in total. The Morgan fingerprint density at radius 3 is 2.61 bits per heavy atom. The minimum absolute atomic E-state index is 0. The van der Waals surface area contributed by atoms with Crippen LogP contribution in [0.25, 0.3) is 0 Å². The maximum atomic E-state index is 11.2. The standard InChI is InChI=1S/C14H13NO2.BrH/c1-11(16)13-7-8-15-14(9-13)17-10-12-5-3-2-4-6-12;/h2-9H,10H2,1H3;1H. The fourth-order valence-corrected chi connectivity index (χ4v) is 1.44. The van der Waals surface area contributed by atoms with E-state index in [-0.39, 0.29) is 22.8 Å². The molecule has 0 aliphatic carbocycles. The predicted molar refractivity (Wildman–Crippen MR) is 75.3 cm³/mol. The summed E-state index contributed by atoms with van der Waals surface area (Å²) in [6.45, 7) is 1.98. The molecule has 2 rings (SSSR count). The number of hydrogen-bond donors (Lipinski definition) is 0. The van der Waals surface area contributed by atoms with Crippen LogP contribution in [0, 0.1) is 0 Å². The third-order valence-electron chi connectivity index (χ3n) is 2.37. The van der Waals surface area contributed by atoms with Gasteiger partial charge in [0.05, 0.1) is 0 Å². The molecule has 1 heterocycles. The summed E-state index contributed by atoms with van der Waals surface area (Å²) >= 11 is 0. The van der Waals surface area contributed by atoms with Crippen molar-refractivity contribution in [3.63, 3.8) is 0 Å². The monoisotopic (exact) mass is 307 g/mol.